The molecule has 0 saturated carbocycles. The highest BCUT2D eigenvalue weighted by molar-refractivity contribution is 6.30. The van der Waals surface area contributed by atoms with Gasteiger partial charge in [0.2, 0.25) is 11.8 Å². The van der Waals surface area contributed by atoms with E-state index >= 15 is 0 Å². The predicted molar refractivity (Wildman–Crippen MR) is 155 cm³/mol. The molecule has 0 saturated heterocycles. The average Bonchev–Trinajstić information content (AvgIpc) is 3.68. The molecule has 216 valence electrons. The Morgan fingerprint density at radius 2 is 2.10 bits per heavy atom. The second kappa shape index (κ2) is 13.1. The van der Waals surface area contributed by atoms with E-state index in [0.717, 1.165) is 0 Å². The van der Waals surface area contributed by atoms with Gasteiger partial charge in [0.1, 0.15) is 12.2 Å². The van der Waals surface area contributed by atoms with Crippen molar-refractivity contribution in [1.82, 2.24) is 40.8 Å². The number of benzene rings is 2. The van der Waals surface area contributed by atoms with E-state index < -0.39 is 12.1 Å². The second-order valence-electron chi connectivity index (χ2n) is 9.26. The molecule has 0 fully saturated rings. The third kappa shape index (κ3) is 6.97. The number of nitrogens with zero attached hydrogens (tertiary/aromatic N) is 5. The maximum Gasteiger partial charge on any atom is 0.411 e. The number of carbonyl (C=O) groups excluding carboxylic acids is 3. The van der Waals surface area contributed by atoms with Gasteiger partial charge in [0, 0.05) is 47.1 Å². The Kier molecular flexibility index (Phi) is 8.84. The number of ether oxygens (including phenoxy) is 1. The fourth-order valence-electron chi connectivity index (χ4n) is 4.34. The average molecular weight is 591 g/mol. The molecular weight excluding hydrogens is 564 g/mol. The van der Waals surface area contributed by atoms with E-state index in [1.54, 1.807) is 48.7 Å². The summed E-state index contributed by atoms with van der Waals surface area (Å²) < 4.78 is 6.14. The Hall–Kier alpha value is -5.08. The lowest BCUT2D eigenvalue weighted by Crippen LogP contribution is -2.36. The van der Waals surface area contributed by atoms with Crippen molar-refractivity contribution < 1.29 is 19.1 Å². The minimum absolute atomic E-state index is 0.180. The van der Waals surface area contributed by atoms with Crippen LogP contribution < -0.4 is 21.3 Å². The first-order chi connectivity index (χ1) is 20.4. The summed E-state index contributed by atoms with van der Waals surface area (Å²) in [5, 5.41) is 23.5. The maximum absolute atomic E-state index is 13.1. The fraction of sp³-hybridized carbons (Fsp3) is 0.222. The van der Waals surface area contributed by atoms with E-state index in [4.69, 9.17) is 16.6 Å². The molecule has 1 aliphatic rings. The molecule has 1 atom stereocenters. The summed E-state index contributed by atoms with van der Waals surface area (Å²) in [7, 11) is 1.27. The van der Waals surface area contributed by atoms with Crippen LogP contribution in [0.2, 0.25) is 5.02 Å². The van der Waals surface area contributed by atoms with E-state index in [9.17, 15) is 14.4 Å². The van der Waals surface area contributed by atoms with Crippen LogP contribution in [0.5, 0.6) is 0 Å². The molecule has 15 heteroatoms. The first-order valence-electron chi connectivity index (χ1n) is 13.0. The third-order valence-corrected chi connectivity index (χ3v) is 6.59. The fourth-order valence-corrected chi connectivity index (χ4v) is 4.52. The van der Waals surface area contributed by atoms with Crippen LogP contribution in [0.15, 0.2) is 55.0 Å². The minimum Gasteiger partial charge on any atom is -0.453 e. The van der Waals surface area contributed by atoms with Gasteiger partial charge in [0.25, 0.3) is 0 Å². The summed E-state index contributed by atoms with van der Waals surface area (Å²) in [5.41, 5.74) is 3.40. The summed E-state index contributed by atoms with van der Waals surface area (Å²) >= 11 is 6.19. The quantitative estimate of drug-likeness (QED) is 0.218. The van der Waals surface area contributed by atoms with Gasteiger partial charge in [-0.3, -0.25) is 14.9 Å². The van der Waals surface area contributed by atoms with Gasteiger partial charge in [-0.05, 0) is 65.9 Å². The van der Waals surface area contributed by atoms with Crippen molar-refractivity contribution >= 4 is 47.0 Å². The number of hydrogen-bond donors (Lipinski definition) is 5. The number of aromatic nitrogens is 6. The van der Waals surface area contributed by atoms with E-state index in [1.165, 1.54) is 24.2 Å². The number of rotatable bonds is 5. The molecule has 0 radical (unpaired) electrons. The highest BCUT2D eigenvalue weighted by Crippen LogP contribution is 2.31. The maximum atomic E-state index is 13.1. The monoisotopic (exact) mass is 590 g/mol. The Morgan fingerprint density at radius 1 is 1.21 bits per heavy atom. The Labute approximate surface area is 244 Å². The molecule has 5 N–H and O–H groups in total. The molecule has 1 aliphatic heterocycles. The zero-order chi connectivity index (χ0) is 29.5. The summed E-state index contributed by atoms with van der Waals surface area (Å²) in [6, 6.07) is 9.72. The van der Waals surface area contributed by atoms with Gasteiger partial charge in [-0.15, -0.1) is 5.10 Å². The zero-order valence-electron chi connectivity index (χ0n) is 22.4. The van der Waals surface area contributed by atoms with Crippen LogP contribution in [0.3, 0.4) is 0 Å². The van der Waals surface area contributed by atoms with Crippen LogP contribution >= 0.6 is 11.6 Å². The van der Waals surface area contributed by atoms with Crippen molar-refractivity contribution in [2.24, 2.45) is 0 Å². The number of tetrazole rings is 1. The number of carbonyl (C=O) groups is 3. The Balaban J connectivity index is 1.39. The van der Waals surface area contributed by atoms with E-state index in [1.807, 2.05) is 0 Å². The molecule has 0 unspecified atom stereocenters. The number of methoxy groups -OCH3 is 1. The molecule has 42 heavy (non-hydrogen) atoms. The van der Waals surface area contributed by atoms with Crippen molar-refractivity contribution in [2.75, 3.05) is 30.8 Å². The second-order valence-corrected chi connectivity index (χ2v) is 9.69. The van der Waals surface area contributed by atoms with Gasteiger partial charge in [-0.1, -0.05) is 11.6 Å². The lowest BCUT2D eigenvalue weighted by molar-refractivity contribution is -0.117. The summed E-state index contributed by atoms with van der Waals surface area (Å²) in [5.74, 6) is -0.0209. The first kappa shape index (κ1) is 28.4. The molecule has 0 spiro atoms. The highest BCUT2D eigenvalue weighted by atomic mass is 35.5. The Bertz CT molecular complexity index is 1620. The van der Waals surface area contributed by atoms with Crippen molar-refractivity contribution in [2.45, 2.75) is 18.9 Å². The van der Waals surface area contributed by atoms with Crippen LogP contribution in [-0.4, -0.2) is 68.3 Å². The van der Waals surface area contributed by atoms with Gasteiger partial charge >= 0.3 is 6.09 Å². The zero-order valence-corrected chi connectivity index (χ0v) is 23.2. The van der Waals surface area contributed by atoms with Crippen LogP contribution in [0, 0.1) is 0 Å². The normalized spacial score (nSPS) is 15.5. The smallest absolute Gasteiger partial charge is 0.411 e. The topological polar surface area (TPSA) is 181 Å². The molecular formula is C27H27ClN10O4. The van der Waals surface area contributed by atoms with Crippen LogP contribution in [-0.2, 0) is 14.3 Å². The number of imidazole rings is 1. The molecule has 2 bridgehead atoms. The van der Waals surface area contributed by atoms with Gasteiger partial charge in [-0.25, -0.2) is 9.78 Å². The molecule has 5 rings (SSSR count). The molecule has 4 aromatic rings. The van der Waals surface area contributed by atoms with E-state index in [-0.39, 0.29) is 18.2 Å². The Morgan fingerprint density at radius 3 is 2.90 bits per heavy atom. The van der Waals surface area contributed by atoms with E-state index in [2.05, 4.69) is 46.5 Å². The van der Waals surface area contributed by atoms with Crippen LogP contribution in [0.1, 0.15) is 30.3 Å². The third-order valence-electron chi connectivity index (χ3n) is 6.35. The van der Waals surface area contributed by atoms with E-state index in [0.29, 0.717) is 64.2 Å². The van der Waals surface area contributed by atoms with Gasteiger partial charge in [-0.2, -0.15) is 4.68 Å². The number of aromatic amines is 1. The number of nitrogens with one attached hydrogen (secondary N) is 5. The van der Waals surface area contributed by atoms with Crippen LogP contribution in [0.4, 0.5) is 16.2 Å². The van der Waals surface area contributed by atoms with Crippen molar-refractivity contribution in [1.29, 1.82) is 0 Å². The molecule has 3 amide bonds. The molecule has 2 aromatic carbocycles. The van der Waals surface area contributed by atoms with Crippen molar-refractivity contribution in [3.8, 4) is 16.9 Å². The standard InChI is InChI=1S/C27H27ClN10O4/c1-42-27(41)32-18-6-7-19-20(12-18)33-24(39)3-2-10-29-13-22(26-30-14-21(19)35-26)34-25(40)9-4-16-11-17(28)5-8-23(16)38-15-31-36-37-38/h4-9,11-12,14-15,22,29H,2-3,10,13H2,1H3,(H,30,35)(H,32,41)(H,33,39)(H,34,40)/b9-4+/t22-/m0/s1. The lowest BCUT2D eigenvalue weighted by atomic mass is 10.1. The number of hydrogen-bond acceptors (Lipinski definition) is 9. The van der Waals surface area contributed by atoms with Gasteiger partial charge in [0.05, 0.1) is 30.2 Å². The predicted octanol–water partition coefficient (Wildman–Crippen LogP) is 3.08. The first-order valence-corrected chi connectivity index (χ1v) is 13.3. The molecule has 2 aromatic heterocycles. The molecule has 3 heterocycles. The minimum atomic E-state index is -0.631. The number of H-pyrrole nitrogens is 1. The highest BCUT2D eigenvalue weighted by Gasteiger charge is 2.20. The lowest BCUT2D eigenvalue weighted by Gasteiger charge is -2.16. The molecule has 14 nitrogen and oxygen atoms in total. The number of amides is 3. The largest absolute Gasteiger partial charge is 0.453 e. The summed E-state index contributed by atoms with van der Waals surface area (Å²) in [4.78, 5) is 45.3. The summed E-state index contributed by atoms with van der Waals surface area (Å²) in [6.07, 6.45) is 6.39. The van der Waals surface area contributed by atoms with Crippen molar-refractivity contribution in [3.63, 3.8) is 0 Å². The summed E-state index contributed by atoms with van der Waals surface area (Å²) in [6.45, 7) is 0.911. The van der Waals surface area contributed by atoms with Gasteiger partial charge < -0.3 is 25.7 Å². The molecule has 0 aliphatic carbocycles. The number of anilines is 2. The van der Waals surface area contributed by atoms with Crippen molar-refractivity contribution in [3.05, 3.63) is 71.4 Å². The SMILES string of the molecule is COC(=O)Nc1ccc2c(c1)NC(=O)CCCNC[C@H](NC(=O)/C=C/c1cc(Cl)ccc1-n1cnnn1)c1nc-2c[nH]1. The van der Waals surface area contributed by atoms with Crippen LogP contribution in [0.25, 0.3) is 23.0 Å². The number of halogens is 1. The van der Waals surface area contributed by atoms with Gasteiger partial charge in [0.15, 0.2) is 0 Å². The number of fused-ring (bicyclic) bond motifs is 4.